The van der Waals surface area contributed by atoms with Gasteiger partial charge in [0.15, 0.2) is 0 Å². The number of benzene rings is 1. The van der Waals surface area contributed by atoms with Gasteiger partial charge in [0.25, 0.3) is 0 Å². The molecule has 0 aliphatic heterocycles. The summed E-state index contributed by atoms with van der Waals surface area (Å²) in [4.78, 5) is 0. The van der Waals surface area contributed by atoms with Crippen LogP contribution in [0.5, 0.6) is 5.75 Å². The van der Waals surface area contributed by atoms with Gasteiger partial charge < -0.3 is 15.2 Å². The number of hydrogen-bond donors (Lipinski definition) is 2. The molecule has 0 saturated heterocycles. The summed E-state index contributed by atoms with van der Waals surface area (Å²) in [5.41, 5.74) is -1.20. The number of nitrogens with one attached hydrogen (secondary N) is 1. The van der Waals surface area contributed by atoms with Crippen molar-refractivity contribution in [3.63, 3.8) is 0 Å². The van der Waals surface area contributed by atoms with E-state index in [9.17, 15) is 18.3 Å². The highest BCUT2D eigenvalue weighted by molar-refractivity contribution is 5.39. The van der Waals surface area contributed by atoms with Gasteiger partial charge in [0.05, 0.1) is 17.8 Å². The highest BCUT2D eigenvalue weighted by Crippen LogP contribution is 2.37. The van der Waals surface area contributed by atoms with E-state index in [1.165, 1.54) is 6.07 Å². The number of ether oxygens (including phenoxy) is 1. The standard InChI is InChI=1S/C15H22F3NO2/c1-4-19-10-11-5-6-13(12(9-11)15(16,17)18)21-8-7-14(2,3)20/h5-6,9,19-20H,4,7-8,10H2,1-3H3. The Kier molecular flexibility index (Phi) is 6.04. The first-order valence-electron chi connectivity index (χ1n) is 6.89. The Morgan fingerprint density at radius 2 is 1.90 bits per heavy atom. The first-order chi connectivity index (χ1) is 9.63. The van der Waals surface area contributed by atoms with Crippen molar-refractivity contribution >= 4 is 0 Å². The zero-order valence-corrected chi connectivity index (χ0v) is 12.5. The molecule has 2 N–H and O–H groups in total. The largest absolute Gasteiger partial charge is 0.493 e. The Bertz CT molecular complexity index is 453. The maximum Gasteiger partial charge on any atom is 0.419 e. The SMILES string of the molecule is CCNCc1ccc(OCCC(C)(C)O)c(C(F)(F)F)c1. The van der Waals surface area contributed by atoms with E-state index in [-0.39, 0.29) is 18.8 Å². The highest BCUT2D eigenvalue weighted by atomic mass is 19.4. The van der Waals surface area contributed by atoms with Gasteiger partial charge in [0.2, 0.25) is 0 Å². The van der Waals surface area contributed by atoms with Crippen molar-refractivity contribution in [1.82, 2.24) is 5.32 Å². The van der Waals surface area contributed by atoms with E-state index in [1.807, 2.05) is 6.92 Å². The van der Waals surface area contributed by atoms with E-state index >= 15 is 0 Å². The molecule has 0 amide bonds. The quantitative estimate of drug-likeness (QED) is 0.811. The predicted octanol–water partition coefficient (Wildman–Crippen LogP) is 3.35. The maximum absolute atomic E-state index is 13.1. The zero-order chi connectivity index (χ0) is 16.1. The van der Waals surface area contributed by atoms with E-state index in [0.717, 1.165) is 6.07 Å². The molecule has 0 spiro atoms. The second kappa shape index (κ2) is 7.13. The average molecular weight is 305 g/mol. The van der Waals surface area contributed by atoms with E-state index in [1.54, 1.807) is 19.9 Å². The normalized spacial score (nSPS) is 12.5. The number of halogens is 3. The van der Waals surface area contributed by atoms with Gasteiger partial charge in [-0.05, 0) is 38.1 Å². The summed E-state index contributed by atoms with van der Waals surface area (Å²) in [6.45, 7) is 6.15. The maximum atomic E-state index is 13.1. The molecule has 0 saturated carbocycles. The van der Waals surface area contributed by atoms with Gasteiger partial charge in [-0.1, -0.05) is 13.0 Å². The monoisotopic (exact) mass is 305 g/mol. The fourth-order valence-electron chi connectivity index (χ4n) is 1.71. The van der Waals surface area contributed by atoms with Gasteiger partial charge in [0, 0.05) is 13.0 Å². The molecule has 21 heavy (non-hydrogen) atoms. The molecule has 120 valence electrons. The van der Waals surface area contributed by atoms with Crippen LogP contribution in [0.3, 0.4) is 0 Å². The van der Waals surface area contributed by atoms with Crippen molar-refractivity contribution in [1.29, 1.82) is 0 Å². The molecular formula is C15H22F3NO2. The second-order valence-electron chi connectivity index (χ2n) is 5.52. The summed E-state index contributed by atoms with van der Waals surface area (Å²) in [7, 11) is 0. The Morgan fingerprint density at radius 1 is 1.24 bits per heavy atom. The lowest BCUT2D eigenvalue weighted by atomic mass is 10.1. The number of hydrogen-bond acceptors (Lipinski definition) is 3. The topological polar surface area (TPSA) is 41.5 Å². The highest BCUT2D eigenvalue weighted by Gasteiger charge is 2.34. The van der Waals surface area contributed by atoms with Crippen LogP contribution in [-0.4, -0.2) is 23.9 Å². The van der Waals surface area contributed by atoms with Crippen LogP contribution >= 0.6 is 0 Å². The molecule has 0 bridgehead atoms. The third-order valence-corrected chi connectivity index (χ3v) is 2.90. The first kappa shape index (κ1) is 17.8. The molecule has 1 aromatic carbocycles. The first-order valence-corrected chi connectivity index (χ1v) is 6.89. The Balaban J connectivity index is 2.87. The van der Waals surface area contributed by atoms with Crippen molar-refractivity contribution < 1.29 is 23.0 Å². The van der Waals surface area contributed by atoms with Gasteiger partial charge >= 0.3 is 6.18 Å². The third kappa shape index (κ3) is 6.35. The minimum Gasteiger partial charge on any atom is -0.493 e. The summed E-state index contributed by atoms with van der Waals surface area (Å²) in [6, 6.07) is 4.04. The lowest BCUT2D eigenvalue weighted by Crippen LogP contribution is -2.22. The molecule has 0 atom stereocenters. The van der Waals surface area contributed by atoms with Gasteiger partial charge in [0.1, 0.15) is 5.75 Å². The van der Waals surface area contributed by atoms with E-state index < -0.39 is 17.3 Å². The third-order valence-electron chi connectivity index (χ3n) is 2.90. The van der Waals surface area contributed by atoms with Gasteiger partial charge in [-0.3, -0.25) is 0 Å². The smallest absolute Gasteiger partial charge is 0.419 e. The summed E-state index contributed by atoms with van der Waals surface area (Å²) >= 11 is 0. The fourth-order valence-corrected chi connectivity index (χ4v) is 1.71. The molecule has 0 aromatic heterocycles. The summed E-state index contributed by atoms with van der Waals surface area (Å²) < 4.78 is 44.4. The van der Waals surface area contributed by atoms with Crippen molar-refractivity contribution in [2.45, 2.75) is 45.5 Å². The lowest BCUT2D eigenvalue weighted by molar-refractivity contribution is -0.139. The van der Waals surface area contributed by atoms with Crippen molar-refractivity contribution in [2.75, 3.05) is 13.2 Å². The lowest BCUT2D eigenvalue weighted by Gasteiger charge is -2.19. The van der Waals surface area contributed by atoms with Gasteiger partial charge in [-0.25, -0.2) is 0 Å². The zero-order valence-electron chi connectivity index (χ0n) is 12.5. The minimum atomic E-state index is -4.47. The van der Waals surface area contributed by atoms with Crippen LogP contribution in [0.1, 0.15) is 38.3 Å². The van der Waals surface area contributed by atoms with Crippen molar-refractivity contribution in [3.05, 3.63) is 29.3 Å². The molecule has 1 aromatic rings. The molecule has 3 nitrogen and oxygen atoms in total. The molecule has 0 heterocycles. The van der Waals surface area contributed by atoms with Crippen molar-refractivity contribution in [2.24, 2.45) is 0 Å². The molecule has 0 unspecified atom stereocenters. The average Bonchev–Trinajstić information content (AvgIpc) is 2.34. The molecule has 6 heteroatoms. The molecule has 0 fully saturated rings. The number of alkyl halides is 3. The van der Waals surface area contributed by atoms with Gasteiger partial charge in [-0.15, -0.1) is 0 Å². The second-order valence-corrected chi connectivity index (χ2v) is 5.52. The summed E-state index contributed by atoms with van der Waals surface area (Å²) in [6.07, 6.45) is -4.21. The van der Waals surface area contributed by atoms with E-state index in [2.05, 4.69) is 5.32 Å². The Labute approximate surface area is 123 Å². The Hall–Kier alpha value is -1.27. The van der Waals surface area contributed by atoms with Crippen LogP contribution in [0.4, 0.5) is 13.2 Å². The summed E-state index contributed by atoms with van der Waals surface area (Å²) in [5, 5.41) is 12.5. The molecular weight excluding hydrogens is 283 g/mol. The number of rotatable bonds is 7. The molecule has 0 aliphatic rings. The minimum absolute atomic E-state index is 0.0269. The van der Waals surface area contributed by atoms with Crippen LogP contribution in [0.2, 0.25) is 0 Å². The van der Waals surface area contributed by atoms with E-state index in [0.29, 0.717) is 18.7 Å². The van der Waals surface area contributed by atoms with Crippen LogP contribution < -0.4 is 10.1 Å². The summed E-state index contributed by atoms with van der Waals surface area (Å²) in [5.74, 6) is -0.202. The molecule has 1 rings (SSSR count). The number of aliphatic hydroxyl groups is 1. The predicted molar refractivity (Wildman–Crippen MR) is 75.2 cm³/mol. The van der Waals surface area contributed by atoms with Gasteiger partial charge in [-0.2, -0.15) is 13.2 Å². The van der Waals surface area contributed by atoms with Crippen molar-refractivity contribution in [3.8, 4) is 5.75 Å². The fraction of sp³-hybridized carbons (Fsp3) is 0.600. The van der Waals surface area contributed by atoms with Crippen LogP contribution in [0.25, 0.3) is 0 Å². The van der Waals surface area contributed by atoms with E-state index in [4.69, 9.17) is 4.74 Å². The Morgan fingerprint density at radius 3 is 2.43 bits per heavy atom. The van der Waals surface area contributed by atoms with Crippen LogP contribution in [0, 0.1) is 0 Å². The van der Waals surface area contributed by atoms with Crippen LogP contribution in [0.15, 0.2) is 18.2 Å². The molecule has 0 aliphatic carbocycles. The van der Waals surface area contributed by atoms with Crippen LogP contribution in [-0.2, 0) is 12.7 Å². The molecule has 0 radical (unpaired) electrons.